The molecular formula is C14H10O5. The van der Waals surface area contributed by atoms with E-state index in [1.54, 1.807) is 12.1 Å². The van der Waals surface area contributed by atoms with Crippen molar-refractivity contribution in [1.29, 1.82) is 0 Å². The van der Waals surface area contributed by atoms with Crippen LogP contribution in [0.3, 0.4) is 0 Å². The standard InChI is InChI=1S/C14H10O5/c1-8(15)19-7-6-11-12(16)9-4-2-3-5-10(9)13(17)14(11)18/h2-7,16H,1H3/b7-6+. The van der Waals surface area contributed by atoms with Gasteiger partial charge >= 0.3 is 5.97 Å². The molecular weight excluding hydrogens is 248 g/mol. The highest BCUT2D eigenvalue weighted by Crippen LogP contribution is 2.28. The third kappa shape index (κ3) is 2.30. The molecule has 1 aliphatic carbocycles. The Balaban J connectivity index is 2.48. The Hall–Kier alpha value is -2.69. The lowest BCUT2D eigenvalue weighted by Crippen LogP contribution is -2.23. The van der Waals surface area contributed by atoms with Gasteiger partial charge in [0.05, 0.1) is 11.8 Å². The summed E-state index contributed by atoms with van der Waals surface area (Å²) in [5.74, 6) is -2.40. The third-order valence-corrected chi connectivity index (χ3v) is 2.60. The smallest absolute Gasteiger partial charge is 0.307 e. The van der Waals surface area contributed by atoms with Crippen LogP contribution in [0.1, 0.15) is 22.8 Å². The van der Waals surface area contributed by atoms with Crippen molar-refractivity contribution in [2.24, 2.45) is 0 Å². The van der Waals surface area contributed by atoms with Crippen LogP contribution in [0.2, 0.25) is 0 Å². The minimum atomic E-state index is -0.834. The van der Waals surface area contributed by atoms with Gasteiger partial charge in [0, 0.05) is 18.1 Å². The number of benzene rings is 1. The zero-order valence-corrected chi connectivity index (χ0v) is 10.0. The number of carbonyl (C=O) groups excluding carboxylic acids is 3. The first kappa shape index (κ1) is 12.8. The first-order valence-corrected chi connectivity index (χ1v) is 5.48. The van der Waals surface area contributed by atoms with E-state index in [1.165, 1.54) is 19.1 Å². The second kappa shape index (κ2) is 4.89. The van der Waals surface area contributed by atoms with Crippen LogP contribution < -0.4 is 0 Å². The highest BCUT2D eigenvalue weighted by Gasteiger charge is 2.31. The predicted octanol–water partition coefficient (Wildman–Crippen LogP) is 1.80. The molecule has 0 spiro atoms. The van der Waals surface area contributed by atoms with Gasteiger partial charge in [0.1, 0.15) is 5.76 Å². The highest BCUT2D eigenvalue weighted by atomic mass is 16.5. The fourth-order valence-corrected chi connectivity index (χ4v) is 1.74. The van der Waals surface area contributed by atoms with E-state index in [1.807, 2.05) is 0 Å². The predicted molar refractivity (Wildman–Crippen MR) is 66.2 cm³/mol. The Kier molecular flexibility index (Phi) is 3.29. The Morgan fingerprint density at radius 2 is 1.79 bits per heavy atom. The molecule has 0 aromatic heterocycles. The third-order valence-electron chi connectivity index (χ3n) is 2.60. The van der Waals surface area contributed by atoms with Gasteiger partial charge in [0.15, 0.2) is 0 Å². The number of ether oxygens (including phenoxy) is 1. The molecule has 0 amide bonds. The Labute approximate surface area is 108 Å². The molecule has 0 unspecified atom stereocenters. The van der Waals surface area contributed by atoms with E-state index >= 15 is 0 Å². The molecule has 0 heterocycles. The van der Waals surface area contributed by atoms with E-state index in [2.05, 4.69) is 4.74 Å². The molecule has 0 atom stereocenters. The summed E-state index contributed by atoms with van der Waals surface area (Å²) in [4.78, 5) is 34.3. The van der Waals surface area contributed by atoms with Gasteiger partial charge in [-0.05, 0) is 6.08 Å². The number of aliphatic hydroxyl groups excluding tert-OH is 1. The molecule has 5 heteroatoms. The number of ketones is 2. The molecule has 0 radical (unpaired) electrons. The number of hydrogen-bond acceptors (Lipinski definition) is 5. The molecule has 5 nitrogen and oxygen atoms in total. The average molecular weight is 258 g/mol. The second-order valence-corrected chi connectivity index (χ2v) is 3.88. The average Bonchev–Trinajstić information content (AvgIpc) is 2.40. The van der Waals surface area contributed by atoms with Crippen molar-refractivity contribution in [3.05, 3.63) is 53.3 Å². The van der Waals surface area contributed by atoms with Crippen molar-refractivity contribution < 1.29 is 24.2 Å². The summed E-state index contributed by atoms with van der Waals surface area (Å²) in [6.45, 7) is 1.20. The van der Waals surface area contributed by atoms with Crippen LogP contribution in [-0.4, -0.2) is 22.6 Å². The molecule has 0 saturated carbocycles. The Bertz CT molecular complexity index is 637. The lowest BCUT2D eigenvalue weighted by molar-refractivity contribution is -0.135. The number of hydrogen-bond donors (Lipinski definition) is 1. The molecule has 19 heavy (non-hydrogen) atoms. The summed E-state index contributed by atoms with van der Waals surface area (Å²) in [5.41, 5.74) is 0.258. The van der Waals surface area contributed by atoms with Crippen LogP contribution in [0.25, 0.3) is 5.76 Å². The van der Waals surface area contributed by atoms with E-state index in [0.29, 0.717) is 0 Å². The lowest BCUT2D eigenvalue weighted by atomic mass is 9.88. The summed E-state index contributed by atoms with van der Waals surface area (Å²) in [7, 11) is 0. The number of fused-ring (bicyclic) bond motifs is 1. The molecule has 0 bridgehead atoms. The van der Waals surface area contributed by atoms with Crippen LogP contribution in [0.4, 0.5) is 0 Å². The van der Waals surface area contributed by atoms with Gasteiger partial charge in [-0.15, -0.1) is 0 Å². The molecule has 1 aliphatic rings. The van der Waals surface area contributed by atoms with Crippen LogP contribution in [0.15, 0.2) is 42.2 Å². The van der Waals surface area contributed by atoms with Crippen LogP contribution in [-0.2, 0) is 14.3 Å². The van der Waals surface area contributed by atoms with E-state index in [4.69, 9.17) is 0 Å². The van der Waals surface area contributed by atoms with E-state index < -0.39 is 17.5 Å². The molecule has 0 fully saturated rings. The van der Waals surface area contributed by atoms with Crippen molar-refractivity contribution in [2.75, 3.05) is 0 Å². The number of aliphatic hydroxyl groups is 1. The number of Topliss-reactive ketones (excluding diaryl/α,β-unsaturated/α-hetero) is 2. The maximum Gasteiger partial charge on any atom is 0.307 e. The van der Waals surface area contributed by atoms with E-state index in [-0.39, 0.29) is 22.5 Å². The monoisotopic (exact) mass is 258 g/mol. The Morgan fingerprint density at radius 3 is 2.42 bits per heavy atom. The molecule has 0 saturated heterocycles. The van der Waals surface area contributed by atoms with E-state index in [9.17, 15) is 19.5 Å². The van der Waals surface area contributed by atoms with Crippen molar-refractivity contribution >= 4 is 23.3 Å². The van der Waals surface area contributed by atoms with Gasteiger partial charge in [0.2, 0.25) is 11.6 Å². The van der Waals surface area contributed by atoms with Gasteiger partial charge in [-0.25, -0.2) is 0 Å². The van der Waals surface area contributed by atoms with Gasteiger partial charge in [-0.1, -0.05) is 24.3 Å². The topological polar surface area (TPSA) is 80.7 Å². The van der Waals surface area contributed by atoms with Crippen LogP contribution in [0.5, 0.6) is 0 Å². The fraction of sp³-hybridized carbons (Fsp3) is 0.0714. The number of rotatable bonds is 2. The van der Waals surface area contributed by atoms with Crippen molar-refractivity contribution in [3.63, 3.8) is 0 Å². The quantitative estimate of drug-likeness (QED) is 0.497. The van der Waals surface area contributed by atoms with Gasteiger partial charge in [0.25, 0.3) is 0 Å². The molecule has 96 valence electrons. The second-order valence-electron chi connectivity index (χ2n) is 3.88. The van der Waals surface area contributed by atoms with Crippen molar-refractivity contribution in [2.45, 2.75) is 6.92 Å². The lowest BCUT2D eigenvalue weighted by Gasteiger charge is -2.15. The minimum absolute atomic E-state index is 0.162. The summed E-state index contributed by atoms with van der Waals surface area (Å²) < 4.78 is 4.54. The molecule has 1 aromatic rings. The zero-order valence-electron chi connectivity index (χ0n) is 10.0. The fourth-order valence-electron chi connectivity index (χ4n) is 1.74. The summed E-state index contributed by atoms with van der Waals surface area (Å²) in [6.07, 6.45) is 2.07. The number of allylic oxidation sites excluding steroid dienone is 2. The number of carbonyl (C=O) groups is 3. The van der Waals surface area contributed by atoms with Crippen molar-refractivity contribution in [1.82, 2.24) is 0 Å². The SMILES string of the molecule is CC(=O)O/C=C/C1=C(O)c2ccccc2C(=O)C1=O. The summed E-state index contributed by atoms with van der Waals surface area (Å²) in [5, 5.41) is 9.99. The molecule has 1 aromatic carbocycles. The van der Waals surface area contributed by atoms with E-state index in [0.717, 1.165) is 12.3 Å². The summed E-state index contributed by atoms with van der Waals surface area (Å²) >= 11 is 0. The maximum absolute atomic E-state index is 11.8. The van der Waals surface area contributed by atoms with Gasteiger partial charge in [-0.3, -0.25) is 14.4 Å². The largest absolute Gasteiger partial charge is 0.507 e. The first-order chi connectivity index (χ1) is 9.02. The van der Waals surface area contributed by atoms with Gasteiger partial charge < -0.3 is 9.84 Å². The first-order valence-electron chi connectivity index (χ1n) is 5.48. The number of esters is 1. The van der Waals surface area contributed by atoms with Gasteiger partial charge in [-0.2, -0.15) is 0 Å². The van der Waals surface area contributed by atoms with Crippen LogP contribution in [0, 0.1) is 0 Å². The molecule has 0 aliphatic heterocycles. The van der Waals surface area contributed by atoms with Crippen LogP contribution >= 0.6 is 0 Å². The zero-order chi connectivity index (χ0) is 14.0. The molecule has 2 rings (SSSR count). The normalized spacial score (nSPS) is 14.8. The minimum Gasteiger partial charge on any atom is -0.507 e. The molecule has 1 N–H and O–H groups in total. The Morgan fingerprint density at radius 1 is 1.16 bits per heavy atom. The maximum atomic E-state index is 11.8. The highest BCUT2D eigenvalue weighted by molar-refractivity contribution is 6.52. The van der Waals surface area contributed by atoms with Crippen molar-refractivity contribution in [3.8, 4) is 0 Å². The summed E-state index contributed by atoms with van der Waals surface area (Å²) in [6, 6.07) is 6.26.